The van der Waals surface area contributed by atoms with Crippen LogP contribution in [0.3, 0.4) is 0 Å². The molecule has 0 saturated carbocycles. The molecule has 0 radical (unpaired) electrons. The molecule has 2 aliphatic rings. The van der Waals surface area contributed by atoms with Crippen LogP contribution < -0.4 is 0 Å². The van der Waals surface area contributed by atoms with Crippen LogP contribution in [0, 0.1) is 5.92 Å². The third-order valence-electron chi connectivity index (χ3n) is 3.59. The summed E-state index contributed by atoms with van der Waals surface area (Å²) in [4.78, 5) is 5.48. The number of hydrogen-bond acceptors (Lipinski definition) is 3. The lowest BCUT2D eigenvalue weighted by atomic mass is 9.91. The summed E-state index contributed by atoms with van der Waals surface area (Å²) in [5.41, 5.74) is -0.0162. The van der Waals surface area contributed by atoms with Crippen LogP contribution in [0.2, 0.25) is 0 Å². The highest BCUT2D eigenvalue weighted by Crippen LogP contribution is 2.42. The summed E-state index contributed by atoms with van der Waals surface area (Å²) in [6.07, 6.45) is 7.30. The normalized spacial score (nSPS) is 24.0. The standard InChI is InChI=1S/C14H19NS3/c1-4-5-7-14(2,3)15-12(16)9-11-10(13(15)17)6-8-18-11/h4,9-10H,1,5-8H2,2-3H3. The molecular formula is C14H19NS3. The molecule has 0 bridgehead atoms. The van der Waals surface area contributed by atoms with Crippen LogP contribution in [0.15, 0.2) is 23.6 Å². The highest BCUT2D eigenvalue weighted by atomic mass is 32.2. The van der Waals surface area contributed by atoms with E-state index in [2.05, 4.69) is 31.4 Å². The molecule has 2 aliphatic heterocycles. The van der Waals surface area contributed by atoms with Crippen LogP contribution in [0.4, 0.5) is 0 Å². The summed E-state index contributed by atoms with van der Waals surface area (Å²) in [5, 5.41) is 0. The summed E-state index contributed by atoms with van der Waals surface area (Å²) in [6.45, 7) is 8.24. The smallest absolute Gasteiger partial charge is 0.108 e. The topological polar surface area (TPSA) is 3.24 Å². The molecule has 4 heteroatoms. The number of fused-ring (bicyclic) bond motifs is 1. The number of nitrogens with zero attached hydrogens (tertiary/aromatic N) is 1. The van der Waals surface area contributed by atoms with Crippen molar-refractivity contribution in [2.45, 2.75) is 38.6 Å². The number of thiocarbonyl (C=S) groups is 2. The Morgan fingerprint density at radius 1 is 1.56 bits per heavy atom. The maximum absolute atomic E-state index is 5.70. The SMILES string of the molecule is C=CCCC(C)(C)N1C(=S)C=C2SCCC2C1=S. The van der Waals surface area contributed by atoms with Crippen molar-refractivity contribution in [3.05, 3.63) is 23.6 Å². The Kier molecular flexibility index (Phi) is 4.29. The zero-order valence-corrected chi connectivity index (χ0v) is 13.4. The Bertz CT molecular complexity index is 423. The molecule has 1 unspecified atom stereocenters. The van der Waals surface area contributed by atoms with E-state index in [1.807, 2.05) is 17.8 Å². The van der Waals surface area contributed by atoms with Crippen molar-refractivity contribution in [3.8, 4) is 0 Å². The fraction of sp³-hybridized carbons (Fsp3) is 0.571. The lowest BCUT2D eigenvalue weighted by molar-refractivity contribution is 0.289. The van der Waals surface area contributed by atoms with Crippen LogP contribution >= 0.6 is 36.2 Å². The van der Waals surface area contributed by atoms with E-state index >= 15 is 0 Å². The second-order valence-corrected chi connectivity index (χ2v) is 7.39. The van der Waals surface area contributed by atoms with E-state index in [9.17, 15) is 0 Å². The van der Waals surface area contributed by atoms with Crippen LogP contribution in [0.5, 0.6) is 0 Å². The maximum Gasteiger partial charge on any atom is 0.108 e. The largest absolute Gasteiger partial charge is 0.321 e. The molecule has 0 amide bonds. The predicted octanol–water partition coefficient (Wildman–Crippen LogP) is 4.34. The average molecular weight is 298 g/mol. The third kappa shape index (κ3) is 2.56. The molecule has 0 aliphatic carbocycles. The molecule has 2 heterocycles. The molecule has 1 atom stereocenters. The van der Waals surface area contributed by atoms with Gasteiger partial charge < -0.3 is 4.90 Å². The highest BCUT2D eigenvalue weighted by Gasteiger charge is 2.40. The van der Waals surface area contributed by atoms with Gasteiger partial charge >= 0.3 is 0 Å². The molecule has 0 aromatic rings. The van der Waals surface area contributed by atoms with Gasteiger partial charge in [-0.15, -0.1) is 18.3 Å². The second kappa shape index (κ2) is 5.43. The van der Waals surface area contributed by atoms with Crippen LogP contribution in [0.1, 0.15) is 33.1 Å². The van der Waals surface area contributed by atoms with E-state index in [1.165, 1.54) is 10.7 Å². The van der Waals surface area contributed by atoms with Gasteiger partial charge in [0.25, 0.3) is 0 Å². The molecule has 0 aromatic carbocycles. The number of hydrogen-bond donors (Lipinski definition) is 0. The van der Waals surface area contributed by atoms with Gasteiger partial charge in [-0.1, -0.05) is 30.5 Å². The first-order chi connectivity index (χ1) is 8.47. The first-order valence-corrected chi connectivity index (χ1v) is 8.11. The van der Waals surface area contributed by atoms with Crippen molar-refractivity contribution in [3.63, 3.8) is 0 Å². The third-order valence-corrected chi connectivity index (χ3v) is 5.53. The lowest BCUT2D eigenvalue weighted by Crippen LogP contribution is -2.53. The molecule has 0 N–H and O–H groups in total. The first kappa shape index (κ1) is 14.2. The molecule has 1 fully saturated rings. The molecular weight excluding hydrogens is 278 g/mol. The lowest BCUT2D eigenvalue weighted by Gasteiger charge is -2.44. The van der Waals surface area contributed by atoms with Crippen molar-refractivity contribution in [2.75, 3.05) is 5.75 Å². The van der Waals surface area contributed by atoms with E-state index in [1.54, 1.807) is 0 Å². The first-order valence-electron chi connectivity index (χ1n) is 6.30. The molecule has 2 rings (SSSR count). The van der Waals surface area contributed by atoms with E-state index < -0.39 is 0 Å². The van der Waals surface area contributed by atoms with Crippen molar-refractivity contribution >= 4 is 46.2 Å². The van der Waals surface area contributed by atoms with Crippen molar-refractivity contribution < 1.29 is 0 Å². The molecule has 98 valence electrons. The van der Waals surface area contributed by atoms with E-state index in [4.69, 9.17) is 24.4 Å². The van der Waals surface area contributed by atoms with Gasteiger partial charge in [-0.05, 0) is 49.8 Å². The number of rotatable bonds is 4. The zero-order chi connectivity index (χ0) is 13.3. The summed E-state index contributed by atoms with van der Waals surface area (Å²) >= 11 is 13.2. The van der Waals surface area contributed by atoms with E-state index in [0.29, 0.717) is 5.92 Å². The zero-order valence-electron chi connectivity index (χ0n) is 10.9. The number of allylic oxidation sites excluding steroid dienone is 1. The maximum atomic E-state index is 5.70. The van der Waals surface area contributed by atoms with Gasteiger partial charge in [-0.25, -0.2) is 0 Å². The Morgan fingerprint density at radius 3 is 2.94 bits per heavy atom. The van der Waals surface area contributed by atoms with Crippen molar-refractivity contribution in [2.24, 2.45) is 5.92 Å². The van der Waals surface area contributed by atoms with Gasteiger partial charge in [-0.2, -0.15) is 0 Å². The Morgan fingerprint density at radius 2 is 2.28 bits per heavy atom. The molecule has 0 spiro atoms. The van der Waals surface area contributed by atoms with Crippen molar-refractivity contribution in [1.29, 1.82) is 0 Å². The van der Waals surface area contributed by atoms with E-state index in [0.717, 1.165) is 29.2 Å². The summed E-state index contributed by atoms with van der Waals surface area (Å²) in [6, 6.07) is 0. The summed E-state index contributed by atoms with van der Waals surface area (Å²) < 4.78 is 0. The Hall–Kier alpha value is -0.190. The molecule has 1 saturated heterocycles. The minimum absolute atomic E-state index is 0.0162. The average Bonchev–Trinajstić information content (AvgIpc) is 2.74. The van der Waals surface area contributed by atoms with Crippen molar-refractivity contribution in [1.82, 2.24) is 4.90 Å². The quantitative estimate of drug-likeness (QED) is 0.560. The molecule has 18 heavy (non-hydrogen) atoms. The summed E-state index contributed by atoms with van der Waals surface area (Å²) in [7, 11) is 0. The number of thioether (sulfide) groups is 1. The highest BCUT2D eigenvalue weighted by molar-refractivity contribution is 8.03. The van der Waals surface area contributed by atoms with E-state index in [-0.39, 0.29) is 5.54 Å². The van der Waals surface area contributed by atoms with Gasteiger partial charge in [0, 0.05) is 11.5 Å². The fourth-order valence-corrected chi connectivity index (χ4v) is 5.02. The van der Waals surface area contributed by atoms with Gasteiger partial charge in [0.05, 0.1) is 4.99 Å². The Balaban J connectivity index is 2.25. The fourth-order valence-electron chi connectivity index (χ4n) is 2.54. The van der Waals surface area contributed by atoms with Gasteiger partial charge in [0.1, 0.15) is 4.99 Å². The summed E-state index contributed by atoms with van der Waals surface area (Å²) in [5.74, 6) is 1.60. The minimum Gasteiger partial charge on any atom is -0.321 e. The van der Waals surface area contributed by atoms with Crippen LogP contribution in [-0.2, 0) is 0 Å². The minimum atomic E-state index is -0.0162. The van der Waals surface area contributed by atoms with Gasteiger partial charge in [0.2, 0.25) is 0 Å². The van der Waals surface area contributed by atoms with Crippen LogP contribution in [0.25, 0.3) is 0 Å². The predicted molar refractivity (Wildman–Crippen MR) is 89.2 cm³/mol. The molecule has 1 nitrogen and oxygen atoms in total. The van der Waals surface area contributed by atoms with Gasteiger partial charge in [-0.3, -0.25) is 0 Å². The van der Waals surface area contributed by atoms with Crippen LogP contribution in [-0.4, -0.2) is 26.2 Å². The van der Waals surface area contributed by atoms with Gasteiger partial charge in [0.15, 0.2) is 0 Å². The molecule has 0 aromatic heterocycles. The second-order valence-electron chi connectivity index (χ2n) is 5.39. The monoisotopic (exact) mass is 297 g/mol. The Labute approximate surface area is 125 Å².